The number of rotatable bonds is 9. The van der Waals surface area contributed by atoms with Gasteiger partial charge in [0.05, 0.1) is 0 Å². The van der Waals surface area contributed by atoms with Gasteiger partial charge in [-0.25, -0.2) is 0 Å². The molecule has 1 saturated heterocycles. The Bertz CT molecular complexity index is 379. The van der Waals surface area contributed by atoms with E-state index < -0.39 is 0 Å². The third kappa shape index (κ3) is 5.77. The lowest BCUT2D eigenvalue weighted by Crippen LogP contribution is -2.22. The zero-order valence-corrected chi connectivity index (χ0v) is 13.2. The minimum atomic E-state index is 0.270. The Labute approximate surface area is 124 Å². The number of carbonyl (C=O) groups excluding carboxylic acids is 1. The van der Waals surface area contributed by atoms with E-state index in [2.05, 4.69) is 25.7 Å². The first-order valence-electron chi connectivity index (χ1n) is 7.97. The van der Waals surface area contributed by atoms with Crippen molar-refractivity contribution in [3.8, 4) is 0 Å². The Kier molecular flexibility index (Phi) is 8.01. The molecule has 1 amide bonds. The lowest BCUT2D eigenvalue weighted by Gasteiger charge is -2.15. The van der Waals surface area contributed by atoms with E-state index >= 15 is 0 Å². The summed E-state index contributed by atoms with van der Waals surface area (Å²) in [7, 11) is 0. The molecule has 0 unspecified atom stereocenters. The zero-order valence-electron chi connectivity index (χ0n) is 13.2. The monoisotopic (exact) mass is 275 g/mol. The molecule has 20 heavy (non-hydrogen) atoms. The standard InChI is InChI=1S/C18H29NO/c1-4-6-7-8-12-17(5-2)13-9-11-16(3)19-15-10-14-18(19)20/h5,11,13H,2,4,6-10,12,14-15H2,1,3H3/b16-11+,17-13?. The van der Waals surface area contributed by atoms with E-state index in [9.17, 15) is 4.79 Å². The Morgan fingerprint density at radius 2 is 2.10 bits per heavy atom. The molecule has 0 aromatic carbocycles. The number of unbranched alkanes of at least 4 members (excludes halogenated alkanes) is 3. The van der Waals surface area contributed by atoms with Gasteiger partial charge >= 0.3 is 0 Å². The van der Waals surface area contributed by atoms with Gasteiger partial charge in [-0.15, -0.1) is 0 Å². The lowest BCUT2D eigenvalue weighted by atomic mass is 10.1. The molecule has 2 heteroatoms. The van der Waals surface area contributed by atoms with Crippen LogP contribution < -0.4 is 0 Å². The van der Waals surface area contributed by atoms with Gasteiger partial charge in [-0.2, -0.15) is 0 Å². The minimum Gasteiger partial charge on any atom is -0.317 e. The summed E-state index contributed by atoms with van der Waals surface area (Å²) in [5, 5.41) is 0. The van der Waals surface area contributed by atoms with Gasteiger partial charge in [-0.1, -0.05) is 56.6 Å². The van der Waals surface area contributed by atoms with Crippen molar-refractivity contribution in [2.75, 3.05) is 6.54 Å². The topological polar surface area (TPSA) is 20.3 Å². The summed E-state index contributed by atoms with van der Waals surface area (Å²) >= 11 is 0. The molecule has 2 nitrogen and oxygen atoms in total. The molecule has 0 N–H and O–H groups in total. The molecule has 0 radical (unpaired) electrons. The summed E-state index contributed by atoms with van der Waals surface area (Å²) in [4.78, 5) is 13.5. The summed E-state index contributed by atoms with van der Waals surface area (Å²) < 4.78 is 0. The highest BCUT2D eigenvalue weighted by molar-refractivity contribution is 5.79. The van der Waals surface area contributed by atoms with Crippen LogP contribution in [0.25, 0.3) is 0 Å². The van der Waals surface area contributed by atoms with Crippen molar-refractivity contribution in [3.05, 3.63) is 36.1 Å². The largest absolute Gasteiger partial charge is 0.317 e. The van der Waals surface area contributed by atoms with Crippen molar-refractivity contribution in [1.82, 2.24) is 4.90 Å². The maximum atomic E-state index is 11.6. The Balaban J connectivity index is 2.39. The summed E-state index contributed by atoms with van der Waals surface area (Å²) in [6.07, 6.45) is 15.2. The molecule has 0 saturated carbocycles. The predicted molar refractivity (Wildman–Crippen MR) is 86.4 cm³/mol. The van der Waals surface area contributed by atoms with E-state index in [-0.39, 0.29) is 5.91 Å². The molecule has 1 rings (SSSR count). The average molecular weight is 275 g/mol. The van der Waals surface area contributed by atoms with E-state index in [1.54, 1.807) is 0 Å². The minimum absolute atomic E-state index is 0.270. The fourth-order valence-corrected chi connectivity index (χ4v) is 2.56. The molecule has 0 bridgehead atoms. The molecule has 112 valence electrons. The number of hydrogen-bond donors (Lipinski definition) is 0. The van der Waals surface area contributed by atoms with Gasteiger partial charge in [0.15, 0.2) is 0 Å². The van der Waals surface area contributed by atoms with Crippen molar-refractivity contribution < 1.29 is 4.79 Å². The quantitative estimate of drug-likeness (QED) is 0.429. The highest BCUT2D eigenvalue weighted by Crippen LogP contribution is 2.17. The average Bonchev–Trinajstić information content (AvgIpc) is 2.87. The molecule has 0 aromatic heterocycles. The van der Waals surface area contributed by atoms with Gasteiger partial charge in [-0.3, -0.25) is 4.79 Å². The van der Waals surface area contributed by atoms with Crippen molar-refractivity contribution in [2.45, 2.75) is 65.2 Å². The van der Waals surface area contributed by atoms with E-state index in [0.717, 1.165) is 31.5 Å². The fraction of sp³-hybridized carbons (Fsp3) is 0.611. The lowest BCUT2D eigenvalue weighted by molar-refractivity contribution is -0.126. The van der Waals surface area contributed by atoms with Crippen LogP contribution in [0.2, 0.25) is 0 Å². The number of nitrogens with zero attached hydrogens (tertiary/aromatic N) is 1. The highest BCUT2D eigenvalue weighted by atomic mass is 16.2. The van der Waals surface area contributed by atoms with Crippen LogP contribution in [0.1, 0.15) is 65.2 Å². The van der Waals surface area contributed by atoms with Crippen LogP contribution >= 0.6 is 0 Å². The molecule has 1 aliphatic heterocycles. The highest BCUT2D eigenvalue weighted by Gasteiger charge is 2.20. The summed E-state index contributed by atoms with van der Waals surface area (Å²) in [6.45, 7) is 9.05. The van der Waals surface area contributed by atoms with Gasteiger partial charge in [0, 0.05) is 18.7 Å². The molecule has 0 atom stereocenters. The molecule has 0 spiro atoms. The third-order valence-electron chi connectivity index (χ3n) is 3.87. The van der Waals surface area contributed by atoms with E-state index in [0.29, 0.717) is 6.42 Å². The van der Waals surface area contributed by atoms with Gasteiger partial charge in [0.1, 0.15) is 0 Å². The Hall–Kier alpha value is -1.31. The molecule has 0 aliphatic carbocycles. The number of carbonyl (C=O) groups is 1. The van der Waals surface area contributed by atoms with Gasteiger partial charge in [-0.05, 0) is 32.6 Å². The third-order valence-corrected chi connectivity index (χ3v) is 3.87. The van der Waals surface area contributed by atoms with Crippen molar-refractivity contribution in [3.63, 3.8) is 0 Å². The summed E-state index contributed by atoms with van der Waals surface area (Å²) in [5.41, 5.74) is 2.43. The van der Waals surface area contributed by atoms with Crippen molar-refractivity contribution >= 4 is 5.91 Å². The van der Waals surface area contributed by atoms with Gasteiger partial charge < -0.3 is 4.90 Å². The summed E-state index contributed by atoms with van der Waals surface area (Å²) in [6, 6.07) is 0. The Morgan fingerprint density at radius 3 is 2.70 bits per heavy atom. The van der Waals surface area contributed by atoms with Gasteiger partial charge in [0.2, 0.25) is 5.91 Å². The summed E-state index contributed by atoms with van der Waals surface area (Å²) in [5.74, 6) is 0.270. The van der Waals surface area contributed by atoms with E-state index in [4.69, 9.17) is 0 Å². The van der Waals surface area contributed by atoms with E-state index in [1.165, 1.54) is 31.3 Å². The van der Waals surface area contributed by atoms with Gasteiger partial charge in [0.25, 0.3) is 0 Å². The first-order chi connectivity index (χ1) is 9.69. The van der Waals surface area contributed by atoms with Crippen LogP contribution in [-0.2, 0) is 4.79 Å². The second-order valence-electron chi connectivity index (χ2n) is 5.52. The Morgan fingerprint density at radius 1 is 1.30 bits per heavy atom. The number of hydrogen-bond acceptors (Lipinski definition) is 1. The number of amides is 1. The maximum absolute atomic E-state index is 11.6. The number of allylic oxidation sites excluding steroid dienone is 5. The van der Waals surface area contributed by atoms with Crippen LogP contribution in [-0.4, -0.2) is 17.4 Å². The molecular weight excluding hydrogens is 246 g/mol. The second-order valence-corrected chi connectivity index (χ2v) is 5.52. The van der Waals surface area contributed by atoms with Crippen LogP contribution in [0.3, 0.4) is 0 Å². The smallest absolute Gasteiger partial charge is 0.226 e. The number of likely N-dealkylation sites (tertiary alicyclic amines) is 1. The fourth-order valence-electron chi connectivity index (χ4n) is 2.56. The molecule has 1 aliphatic rings. The predicted octanol–water partition coefficient (Wildman–Crippen LogP) is 4.99. The SMILES string of the molecule is C=CC(=CC/C=C(\C)N1CCCC1=O)CCCCCC. The second kappa shape index (κ2) is 9.57. The van der Waals surface area contributed by atoms with Crippen molar-refractivity contribution in [1.29, 1.82) is 0 Å². The van der Waals surface area contributed by atoms with Crippen molar-refractivity contribution in [2.24, 2.45) is 0 Å². The molecule has 1 fully saturated rings. The van der Waals surface area contributed by atoms with Crippen LogP contribution in [0.15, 0.2) is 36.1 Å². The molecule has 1 heterocycles. The molecule has 0 aromatic rings. The normalized spacial score (nSPS) is 16.9. The van der Waals surface area contributed by atoms with E-state index in [1.807, 2.05) is 17.9 Å². The maximum Gasteiger partial charge on any atom is 0.226 e. The van der Waals surface area contributed by atoms with Crippen LogP contribution in [0.4, 0.5) is 0 Å². The first kappa shape index (κ1) is 16.7. The zero-order chi connectivity index (χ0) is 14.8. The van der Waals surface area contributed by atoms with Crippen LogP contribution in [0, 0.1) is 0 Å². The molecular formula is C18H29NO. The van der Waals surface area contributed by atoms with Crippen LogP contribution in [0.5, 0.6) is 0 Å². The first-order valence-corrected chi connectivity index (χ1v) is 7.97.